The number of aryl methyl sites for hydroxylation is 1. The van der Waals surface area contributed by atoms with E-state index in [9.17, 15) is 14.3 Å². The van der Waals surface area contributed by atoms with Crippen molar-refractivity contribution in [2.75, 3.05) is 26.2 Å². The highest BCUT2D eigenvalue weighted by Crippen LogP contribution is 2.40. The second-order valence-corrected chi connectivity index (χ2v) is 6.85. The quantitative estimate of drug-likeness (QED) is 0.596. The van der Waals surface area contributed by atoms with Gasteiger partial charge in [0.15, 0.2) is 0 Å². The SMILES string of the molecule is Cc1cc(F)ccc1Oc1ccccc1C1(O)CCN(CCOC=O)CC1. The third kappa shape index (κ3) is 4.64. The van der Waals surface area contributed by atoms with E-state index in [2.05, 4.69) is 4.90 Å². The van der Waals surface area contributed by atoms with Crippen molar-refractivity contribution in [3.05, 3.63) is 59.4 Å². The first-order chi connectivity index (χ1) is 13.0. The van der Waals surface area contributed by atoms with Crippen LogP contribution in [0, 0.1) is 12.7 Å². The fourth-order valence-electron chi connectivity index (χ4n) is 3.43. The smallest absolute Gasteiger partial charge is 0.293 e. The van der Waals surface area contributed by atoms with Crippen molar-refractivity contribution in [2.45, 2.75) is 25.4 Å². The summed E-state index contributed by atoms with van der Waals surface area (Å²) in [6.07, 6.45) is 1.10. The Kier molecular flexibility index (Phi) is 6.08. The summed E-state index contributed by atoms with van der Waals surface area (Å²) in [6.45, 7) is 4.64. The van der Waals surface area contributed by atoms with Gasteiger partial charge in [-0.1, -0.05) is 18.2 Å². The summed E-state index contributed by atoms with van der Waals surface area (Å²) in [5.74, 6) is 0.834. The highest BCUT2D eigenvalue weighted by Gasteiger charge is 2.36. The van der Waals surface area contributed by atoms with E-state index < -0.39 is 5.60 Å². The fourth-order valence-corrected chi connectivity index (χ4v) is 3.43. The molecule has 2 aromatic rings. The van der Waals surface area contributed by atoms with Crippen molar-refractivity contribution in [1.29, 1.82) is 0 Å². The number of rotatable bonds is 7. The van der Waals surface area contributed by atoms with Crippen molar-refractivity contribution >= 4 is 6.47 Å². The fraction of sp³-hybridized carbons (Fsp3) is 0.381. The molecular formula is C21H24FNO4. The van der Waals surface area contributed by atoms with Gasteiger partial charge in [0.2, 0.25) is 0 Å². The van der Waals surface area contributed by atoms with E-state index in [-0.39, 0.29) is 5.82 Å². The monoisotopic (exact) mass is 373 g/mol. The van der Waals surface area contributed by atoms with Gasteiger partial charge in [-0.05, 0) is 49.6 Å². The summed E-state index contributed by atoms with van der Waals surface area (Å²) >= 11 is 0. The molecule has 1 N–H and O–H groups in total. The molecule has 1 saturated heterocycles. The van der Waals surface area contributed by atoms with Crippen LogP contribution < -0.4 is 4.74 Å². The second kappa shape index (κ2) is 8.50. The molecule has 0 amide bonds. The molecule has 0 bridgehead atoms. The van der Waals surface area contributed by atoms with E-state index in [1.165, 1.54) is 12.1 Å². The van der Waals surface area contributed by atoms with Crippen LogP contribution in [0.1, 0.15) is 24.0 Å². The largest absolute Gasteiger partial charge is 0.467 e. The zero-order valence-electron chi connectivity index (χ0n) is 15.4. The molecule has 1 aliphatic rings. The molecule has 0 saturated carbocycles. The minimum atomic E-state index is -0.994. The predicted molar refractivity (Wildman–Crippen MR) is 99.2 cm³/mol. The third-order valence-corrected chi connectivity index (χ3v) is 5.02. The number of para-hydroxylation sites is 1. The van der Waals surface area contributed by atoms with Gasteiger partial charge in [-0.2, -0.15) is 0 Å². The van der Waals surface area contributed by atoms with Gasteiger partial charge in [-0.3, -0.25) is 9.69 Å². The molecule has 0 atom stereocenters. The molecular weight excluding hydrogens is 349 g/mol. The molecule has 0 unspecified atom stereocenters. The van der Waals surface area contributed by atoms with Crippen LogP contribution in [-0.4, -0.2) is 42.7 Å². The summed E-state index contributed by atoms with van der Waals surface area (Å²) in [7, 11) is 0. The van der Waals surface area contributed by atoms with E-state index in [0.29, 0.717) is 62.6 Å². The maximum absolute atomic E-state index is 13.3. The lowest BCUT2D eigenvalue weighted by molar-refractivity contribution is -0.129. The molecule has 0 radical (unpaired) electrons. The van der Waals surface area contributed by atoms with Gasteiger partial charge in [-0.15, -0.1) is 0 Å². The van der Waals surface area contributed by atoms with Gasteiger partial charge in [0.05, 0.1) is 5.60 Å². The molecule has 3 rings (SSSR count). The van der Waals surface area contributed by atoms with Crippen LogP contribution in [-0.2, 0) is 15.1 Å². The number of benzene rings is 2. The number of carbonyl (C=O) groups excluding carboxylic acids is 1. The van der Waals surface area contributed by atoms with E-state index in [4.69, 9.17) is 9.47 Å². The normalized spacial score (nSPS) is 16.7. The van der Waals surface area contributed by atoms with Crippen molar-refractivity contribution in [3.63, 3.8) is 0 Å². The summed E-state index contributed by atoms with van der Waals surface area (Å²) in [4.78, 5) is 12.4. The maximum atomic E-state index is 13.3. The number of halogens is 1. The number of ether oxygens (including phenoxy) is 2. The van der Waals surface area contributed by atoms with E-state index in [0.717, 1.165) is 5.56 Å². The van der Waals surface area contributed by atoms with Crippen LogP contribution in [0.4, 0.5) is 4.39 Å². The molecule has 6 heteroatoms. The summed E-state index contributed by atoms with van der Waals surface area (Å²) in [5, 5.41) is 11.3. The molecule has 1 fully saturated rings. The highest BCUT2D eigenvalue weighted by molar-refractivity contribution is 5.43. The number of hydrogen-bond acceptors (Lipinski definition) is 5. The minimum absolute atomic E-state index is 0.308. The first-order valence-corrected chi connectivity index (χ1v) is 9.05. The molecule has 0 spiro atoms. The number of aliphatic hydroxyl groups is 1. The average molecular weight is 373 g/mol. The lowest BCUT2D eigenvalue weighted by Gasteiger charge is -2.39. The Morgan fingerprint density at radius 3 is 2.63 bits per heavy atom. The Morgan fingerprint density at radius 1 is 1.19 bits per heavy atom. The molecule has 2 aromatic carbocycles. The van der Waals surface area contributed by atoms with Crippen LogP contribution in [0.5, 0.6) is 11.5 Å². The van der Waals surface area contributed by atoms with E-state index in [1.54, 1.807) is 13.0 Å². The van der Waals surface area contributed by atoms with Gasteiger partial charge < -0.3 is 14.6 Å². The van der Waals surface area contributed by atoms with Crippen LogP contribution in [0.2, 0.25) is 0 Å². The zero-order chi connectivity index (χ0) is 19.3. The number of piperidine rings is 1. The number of nitrogens with zero attached hydrogens (tertiary/aromatic N) is 1. The molecule has 27 heavy (non-hydrogen) atoms. The number of likely N-dealkylation sites (tertiary alicyclic amines) is 1. The van der Waals surface area contributed by atoms with E-state index >= 15 is 0 Å². The van der Waals surface area contributed by atoms with Gasteiger partial charge in [0, 0.05) is 25.2 Å². The topological polar surface area (TPSA) is 59.0 Å². The molecule has 1 aliphatic heterocycles. The van der Waals surface area contributed by atoms with Crippen LogP contribution in [0.15, 0.2) is 42.5 Å². The Labute approximate surface area is 158 Å². The zero-order valence-corrected chi connectivity index (χ0v) is 15.4. The Bertz CT molecular complexity index is 788. The Hall–Kier alpha value is -2.44. The molecule has 144 valence electrons. The predicted octanol–water partition coefficient (Wildman–Crippen LogP) is 3.38. The molecule has 1 heterocycles. The average Bonchev–Trinajstić information content (AvgIpc) is 2.66. The number of carbonyl (C=O) groups is 1. The van der Waals surface area contributed by atoms with Gasteiger partial charge >= 0.3 is 0 Å². The van der Waals surface area contributed by atoms with Crippen molar-refractivity contribution in [1.82, 2.24) is 4.90 Å². The third-order valence-electron chi connectivity index (χ3n) is 5.02. The van der Waals surface area contributed by atoms with Crippen LogP contribution in [0.3, 0.4) is 0 Å². The maximum Gasteiger partial charge on any atom is 0.293 e. The van der Waals surface area contributed by atoms with E-state index in [1.807, 2.05) is 24.3 Å². The van der Waals surface area contributed by atoms with Crippen LogP contribution >= 0.6 is 0 Å². The summed E-state index contributed by atoms with van der Waals surface area (Å²) in [6, 6.07) is 11.8. The number of hydrogen-bond donors (Lipinski definition) is 1. The first-order valence-electron chi connectivity index (χ1n) is 9.05. The van der Waals surface area contributed by atoms with Gasteiger partial charge in [0.25, 0.3) is 6.47 Å². The minimum Gasteiger partial charge on any atom is -0.467 e. The van der Waals surface area contributed by atoms with Crippen molar-refractivity contribution in [3.8, 4) is 11.5 Å². The molecule has 5 nitrogen and oxygen atoms in total. The van der Waals surface area contributed by atoms with Crippen molar-refractivity contribution < 1.29 is 23.8 Å². The summed E-state index contributed by atoms with van der Waals surface area (Å²) < 4.78 is 24.1. The summed E-state index contributed by atoms with van der Waals surface area (Å²) in [5.41, 5.74) is 0.436. The second-order valence-electron chi connectivity index (χ2n) is 6.85. The van der Waals surface area contributed by atoms with Gasteiger partial charge in [-0.25, -0.2) is 4.39 Å². The van der Waals surface area contributed by atoms with Crippen molar-refractivity contribution in [2.24, 2.45) is 0 Å². The lowest BCUT2D eigenvalue weighted by Crippen LogP contribution is -2.43. The Morgan fingerprint density at radius 2 is 1.93 bits per heavy atom. The lowest BCUT2D eigenvalue weighted by atomic mass is 9.84. The standard InChI is InChI=1S/C21H24FNO4/c1-16-14-17(22)6-7-19(16)27-20-5-3-2-4-18(20)21(25)8-10-23(11-9-21)12-13-26-15-24/h2-7,14-15,25H,8-13H2,1H3. The Balaban J connectivity index is 1.74. The highest BCUT2D eigenvalue weighted by atomic mass is 19.1. The molecule has 0 aliphatic carbocycles. The molecule has 0 aromatic heterocycles. The van der Waals surface area contributed by atoms with Crippen LogP contribution in [0.25, 0.3) is 0 Å². The van der Waals surface area contributed by atoms with Gasteiger partial charge in [0.1, 0.15) is 23.9 Å². The first kappa shape index (κ1) is 19.3.